The van der Waals surface area contributed by atoms with Crippen molar-refractivity contribution in [3.8, 4) is 0 Å². The monoisotopic (exact) mass is 403 g/mol. The number of rotatable bonds is 3. The van der Waals surface area contributed by atoms with Crippen molar-refractivity contribution in [1.82, 2.24) is 4.98 Å². The zero-order valence-electron chi connectivity index (χ0n) is 15.9. The predicted octanol–water partition coefficient (Wildman–Crippen LogP) is 4.40. The van der Waals surface area contributed by atoms with E-state index in [0.29, 0.717) is 10.7 Å². The van der Waals surface area contributed by atoms with Crippen LogP contribution in [-0.4, -0.2) is 23.3 Å². The molecule has 29 heavy (non-hydrogen) atoms. The fraction of sp³-hybridized carbons (Fsp3) is 0.261. The van der Waals surface area contributed by atoms with Gasteiger partial charge in [0.15, 0.2) is 5.13 Å². The van der Waals surface area contributed by atoms with Crippen molar-refractivity contribution in [1.29, 1.82) is 0 Å². The van der Waals surface area contributed by atoms with Gasteiger partial charge in [0.05, 0.1) is 11.6 Å². The Labute approximate surface area is 173 Å². The SMILES string of the molecule is O=C(Nc1nc2c(s1)CCC2C(=O)N1CCCc2ccccc21)c1ccccc1. The van der Waals surface area contributed by atoms with Gasteiger partial charge in [0.1, 0.15) is 0 Å². The van der Waals surface area contributed by atoms with Crippen molar-refractivity contribution < 1.29 is 9.59 Å². The minimum atomic E-state index is -0.227. The number of carbonyl (C=O) groups is 2. The maximum atomic E-state index is 13.4. The van der Waals surface area contributed by atoms with Gasteiger partial charge in [0.2, 0.25) is 5.91 Å². The molecule has 5 nitrogen and oxygen atoms in total. The number of nitrogens with one attached hydrogen (secondary N) is 1. The van der Waals surface area contributed by atoms with E-state index in [2.05, 4.69) is 16.4 Å². The minimum absolute atomic E-state index is 0.127. The van der Waals surface area contributed by atoms with Crippen molar-refractivity contribution in [2.75, 3.05) is 16.8 Å². The molecular weight excluding hydrogens is 382 g/mol. The molecule has 0 saturated heterocycles. The van der Waals surface area contributed by atoms with Gasteiger partial charge >= 0.3 is 0 Å². The van der Waals surface area contributed by atoms with E-state index in [1.165, 1.54) is 16.9 Å². The summed E-state index contributed by atoms with van der Waals surface area (Å²) < 4.78 is 0. The Morgan fingerprint density at radius 1 is 1.03 bits per heavy atom. The average Bonchev–Trinajstić information content (AvgIpc) is 3.33. The molecule has 0 spiro atoms. The highest BCUT2D eigenvalue weighted by molar-refractivity contribution is 7.16. The summed E-state index contributed by atoms with van der Waals surface area (Å²) in [6.07, 6.45) is 3.62. The number of aromatic nitrogens is 1. The molecule has 1 aliphatic carbocycles. The van der Waals surface area contributed by atoms with Crippen molar-refractivity contribution in [3.05, 3.63) is 76.3 Å². The molecule has 2 heterocycles. The predicted molar refractivity (Wildman–Crippen MR) is 115 cm³/mol. The number of thiazole rings is 1. The Kier molecular flexibility index (Phi) is 4.64. The lowest BCUT2D eigenvalue weighted by Gasteiger charge is -2.31. The van der Waals surface area contributed by atoms with Crippen molar-refractivity contribution in [3.63, 3.8) is 0 Å². The largest absolute Gasteiger partial charge is 0.312 e. The normalized spacial score (nSPS) is 17.5. The van der Waals surface area contributed by atoms with Crippen LogP contribution >= 0.6 is 11.3 Å². The Balaban J connectivity index is 1.37. The zero-order chi connectivity index (χ0) is 19.8. The molecule has 5 rings (SSSR count). The first-order valence-electron chi connectivity index (χ1n) is 9.96. The lowest BCUT2D eigenvalue weighted by molar-refractivity contribution is -0.120. The second-order valence-electron chi connectivity index (χ2n) is 7.46. The van der Waals surface area contributed by atoms with Crippen LogP contribution in [0.2, 0.25) is 0 Å². The molecule has 2 aromatic carbocycles. The van der Waals surface area contributed by atoms with E-state index in [4.69, 9.17) is 0 Å². The number of carbonyl (C=O) groups excluding carboxylic acids is 2. The summed E-state index contributed by atoms with van der Waals surface area (Å²) in [5.74, 6) is -0.275. The maximum absolute atomic E-state index is 13.4. The van der Waals surface area contributed by atoms with Gasteiger partial charge in [-0.15, -0.1) is 11.3 Å². The summed E-state index contributed by atoms with van der Waals surface area (Å²) in [4.78, 5) is 33.5. The van der Waals surface area contributed by atoms with Crippen LogP contribution in [0.3, 0.4) is 0 Å². The third kappa shape index (κ3) is 3.34. The quantitative estimate of drug-likeness (QED) is 0.705. The number of amides is 2. The Hall–Kier alpha value is -2.99. The highest BCUT2D eigenvalue weighted by atomic mass is 32.1. The molecule has 146 valence electrons. The Bertz CT molecular complexity index is 1080. The van der Waals surface area contributed by atoms with Gasteiger partial charge in [0, 0.05) is 22.7 Å². The van der Waals surface area contributed by atoms with E-state index in [1.54, 1.807) is 12.1 Å². The molecule has 3 aromatic rings. The molecule has 1 aromatic heterocycles. The van der Waals surface area contributed by atoms with E-state index in [1.807, 2.05) is 41.3 Å². The lowest BCUT2D eigenvalue weighted by atomic mass is 9.98. The maximum Gasteiger partial charge on any atom is 0.257 e. The Morgan fingerprint density at radius 3 is 2.69 bits per heavy atom. The van der Waals surface area contributed by atoms with Gasteiger partial charge in [0.25, 0.3) is 5.91 Å². The third-order valence-electron chi connectivity index (χ3n) is 5.65. The van der Waals surface area contributed by atoms with E-state index in [0.717, 1.165) is 48.5 Å². The smallest absolute Gasteiger partial charge is 0.257 e. The van der Waals surface area contributed by atoms with Gasteiger partial charge in [-0.3, -0.25) is 14.9 Å². The number of hydrogen-bond acceptors (Lipinski definition) is 4. The summed E-state index contributed by atoms with van der Waals surface area (Å²) >= 11 is 1.48. The third-order valence-corrected chi connectivity index (χ3v) is 6.69. The van der Waals surface area contributed by atoms with Crippen molar-refractivity contribution >= 4 is 34.0 Å². The van der Waals surface area contributed by atoms with Gasteiger partial charge in [-0.2, -0.15) is 0 Å². The molecule has 0 saturated carbocycles. The zero-order valence-corrected chi connectivity index (χ0v) is 16.7. The summed E-state index contributed by atoms with van der Waals surface area (Å²) in [5.41, 5.74) is 3.70. The standard InChI is InChI=1S/C23H21N3O2S/c27-21(16-8-2-1-3-9-16)25-23-24-20-17(12-13-19(20)29-23)22(28)26-14-6-10-15-7-4-5-11-18(15)26/h1-5,7-9,11,17H,6,10,12-14H2,(H,24,25,27). The molecule has 6 heteroatoms. The van der Waals surface area contributed by atoms with Crippen LogP contribution < -0.4 is 10.2 Å². The number of para-hydroxylation sites is 1. The lowest BCUT2D eigenvalue weighted by Crippen LogP contribution is -2.38. The number of fused-ring (bicyclic) bond motifs is 2. The van der Waals surface area contributed by atoms with E-state index >= 15 is 0 Å². The molecule has 1 unspecified atom stereocenters. The van der Waals surface area contributed by atoms with Crippen LogP contribution in [-0.2, 0) is 17.6 Å². The topological polar surface area (TPSA) is 62.3 Å². The first kappa shape index (κ1) is 18.1. The van der Waals surface area contributed by atoms with Gasteiger partial charge in [-0.1, -0.05) is 36.4 Å². The molecule has 0 fully saturated rings. The van der Waals surface area contributed by atoms with Crippen LogP contribution in [0.15, 0.2) is 54.6 Å². The highest BCUT2D eigenvalue weighted by Gasteiger charge is 2.37. The highest BCUT2D eigenvalue weighted by Crippen LogP contribution is 2.41. The summed E-state index contributed by atoms with van der Waals surface area (Å²) in [6.45, 7) is 0.753. The van der Waals surface area contributed by atoms with Crippen molar-refractivity contribution in [2.45, 2.75) is 31.6 Å². The average molecular weight is 404 g/mol. The number of hydrogen-bond donors (Lipinski definition) is 1. The minimum Gasteiger partial charge on any atom is -0.312 e. The van der Waals surface area contributed by atoms with Crippen LogP contribution in [0.25, 0.3) is 0 Å². The van der Waals surface area contributed by atoms with E-state index in [-0.39, 0.29) is 17.7 Å². The summed E-state index contributed by atoms with van der Waals surface area (Å²) in [7, 11) is 0. The molecule has 1 N–H and O–H groups in total. The second kappa shape index (κ2) is 7.44. The van der Waals surface area contributed by atoms with Crippen LogP contribution in [0.4, 0.5) is 10.8 Å². The van der Waals surface area contributed by atoms with Gasteiger partial charge < -0.3 is 4.90 Å². The molecular formula is C23H21N3O2S. The second-order valence-corrected chi connectivity index (χ2v) is 8.54. The van der Waals surface area contributed by atoms with Crippen LogP contribution in [0.1, 0.15) is 45.3 Å². The first-order chi connectivity index (χ1) is 14.2. The van der Waals surface area contributed by atoms with Crippen LogP contribution in [0.5, 0.6) is 0 Å². The molecule has 0 bridgehead atoms. The molecule has 1 aliphatic heterocycles. The van der Waals surface area contributed by atoms with E-state index in [9.17, 15) is 9.59 Å². The van der Waals surface area contributed by atoms with Crippen LogP contribution in [0, 0.1) is 0 Å². The molecule has 2 amide bonds. The van der Waals surface area contributed by atoms with Gasteiger partial charge in [-0.05, 0) is 49.4 Å². The first-order valence-corrected chi connectivity index (χ1v) is 10.8. The fourth-order valence-electron chi connectivity index (χ4n) is 4.23. The number of benzene rings is 2. The van der Waals surface area contributed by atoms with Crippen molar-refractivity contribution in [2.24, 2.45) is 0 Å². The number of nitrogens with zero attached hydrogens (tertiary/aromatic N) is 2. The fourth-order valence-corrected chi connectivity index (χ4v) is 5.26. The molecule has 2 aliphatic rings. The number of anilines is 2. The molecule has 1 atom stereocenters. The Morgan fingerprint density at radius 2 is 1.83 bits per heavy atom. The van der Waals surface area contributed by atoms with Gasteiger partial charge in [-0.25, -0.2) is 4.98 Å². The molecule has 0 radical (unpaired) electrons. The number of aryl methyl sites for hydroxylation is 2. The van der Waals surface area contributed by atoms with E-state index < -0.39 is 0 Å². The summed E-state index contributed by atoms with van der Waals surface area (Å²) in [5, 5.41) is 3.46. The summed E-state index contributed by atoms with van der Waals surface area (Å²) in [6, 6.07) is 17.3.